The van der Waals surface area contributed by atoms with Crippen molar-refractivity contribution in [3.63, 3.8) is 0 Å². The van der Waals surface area contributed by atoms with Crippen molar-refractivity contribution in [3.8, 4) is 12.3 Å². The minimum Gasteiger partial charge on any atom is -0.329 e. The van der Waals surface area contributed by atoms with Crippen LogP contribution in [-0.2, 0) is 11.3 Å². The van der Waals surface area contributed by atoms with Crippen LogP contribution in [0, 0.1) is 12.3 Å². The first-order valence-corrected chi connectivity index (χ1v) is 6.29. The van der Waals surface area contributed by atoms with E-state index < -0.39 is 0 Å². The van der Waals surface area contributed by atoms with Crippen LogP contribution in [0.3, 0.4) is 0 Å². The predicted octanol–water partition coefficient (Wildman–Crippen LogP) is 1.62. The van der Waals surface area contributed by atoms with Crippen molar-refractivity contribution < 1.29 is 4.79 Å². The number of benzene rings is 1. The van der Waals surface area contributed by atoms with Gasteiger partial charge >= 0.3 is 0 Å². The molecular formula is C14H15ClN2O. The van der Waals surface area contributed by atoms with E-state index in [0.29, 0.717) is 13.1 Å². The first-order valence-electron chi connectivity index (χ1n) is 5.91. The Hall–Kier alpha value is -1.50. The topological polar surface area (TPSA) is 23.6 Å². The molecular weight excluding hydrogens is 248 g/mol. The zero-order valence-corrected chi connectivity index (χ0v) is 10.9. The van der Waals surface area contributed by atoms with Crippen LogP contribution in [0.4, 0.5) is 0 Å². The van der Waals surface area contributed by atoms with Crippen LogP contribution in [0.1, 0.15) is 5.56 Å². The van der Waals surface area contributed by atoms with Crippen molar-refractivity contribution in [2.75, 3.05) is 26.2 Å². The van der Waals surface area contributed by atoms with E-state index in [4.69, 9.17) is 18.0 Å². The average molecular weight is 263 g/mol. The maximum absolute atomic E-state index is 11.3. The summed E-state index contributed by atoms with van der Waals surface area (Å²) in [5.74, 6) is 1.95. The average Bonchev–Trinajstić information content (AvgIpc) is 2.39. The standard InChI is InChI=1S/C14H15ClN2O/c1-2-14(18)17-8-6-16(7-9-17)11-12-4-3-5-13(15)10-12/h1,3-5,10H,6-9,11H2. The quantitative estimate of drug-likeness (QED) is 0.757. The number of carbonyl (C=O) groups is 1. The first-order chi connectivity index (χ1) is 8.69. The molecule has 1 aliphatic heterocycles. The number of rotatable bonds is 2. The van der Waals surface area contributed by atoms with Gasteiger partial charge in [0.2, 0.25) is 0 Å². The van der Waals surface area contributed by atoms with E-state index in [0.717, 1.165) is 24.7 Å². The van der Waals surface area contributed by atoms with Crippen LogP contribution in [-0.4, -0.2) is 41.9 Å². The minimum atomic E-state index is -0.211. The number of hydrogen-bond donors (Lipinski definition) is 0. The van der Waals surface area contributed by atoms with Crippen LogP contribution in [0.15, 0.2) is 24.3 Å². The van der Waals surface area contributed by atoms with E-state index in [1.54, 1.807) is 4.90 Å². The molecule has 0 saturated carbocycles. The first kappa shape index (κ1) is 12.9. The van der Waals surface area contributed by atoms with Gasteiger partial charge in [-0.3, -0.25) is 9.69 Å². The number of hydrogen-bond acceptors (Lipinski definition) is 2. The summed E-state index contributed by atoms with van der Waals surface area (Å²) in [6.45, 7) is 3.95. The number of terminal acetylenes is 1. The van der Waals surface area contributed by atoms with Gasteiger partial charge in [0.25, 0.3) is 5.91 Å². The van der Waals surface area contributed by atoms with Gasteiger partial charge in [-0.25, -0.2) is 0 Å². The van der Waals surface area contributed by atoms with E-state index in [1.807, 2.05) is 18.2 Å². The van der Waals surface area contributed by atoms with Crippen molar-refractivity contribution in [1.82, 2.24) is 9.80 Å². The number of halogens is 1. The number of carbonyl (C=O) groups excluding carboxylic acids is 1. The Morgan fingerprint density at radius 3 is 2.67 bits per heavy atom. The fraction of sp³-hybridized carbons (Fsp3) is 0.357. The van der Waals surface area contributed by atoms with Crippen molar-refractivity contribution in [2.24, 2.45) is 0 Å². The molecule has 0 aliphatic carbocycles. The Morgan fingerprint density at radius 2 is 2.06 bits per heavy atom. The van der Waals surface area contributed by atoms with Crippen molar-refractivity contribution >= 4 is 17.5 Å². The van der Waals surface area contributed by atoms with Gasteiger partial charge in [-0.15, -0.1) is 6.42 Å². The molecule has 1 aromatic rings. The molecule has 0 N–H and O–H groups in total. The summed E-state index contributed by atoms with van der Waals surface area (Å²) in [5.41, 5.74) is 1.19. The van der Waals surface area contributed by atoms with Crippen molar-refractivity contribution in [2.45, 2.75) is 6.54 Å². The lowest BCUT2D eigenvalue weighted by atomic mass is 10.2. The molecule has 1 amide bonds. The van der Waals surface area contributed by atoms with E-state index in [2.05, 4.69) is 16.9 Å². The Balaban J connectivity index is 1.87. The van der Waals surface area contributed by atoms with Crippen LogP contribution in [0.2, 0.25) is 5.02 Å². The zero-order chi connectivity index (χ0) is 13.0. The lowest BCUT2D eigenvalue weighted by Crippen LogP contribution is -2.47. The normalized spacial score (nSPS) is 16.3. The van der Waals surface area contributed by atoms with Gasteiger partial charge in [-0.2, -0.15) is 0 Å². The molecule has 4 heteroatoms. The third kappa shape index (κ3) is 3.25. The third-order valence-corrected chi connectivity index (χ3v) is 3.31. The smallest absolute Gasteiger partial charge is 0.298 e. The molecule has 1 saturated heterocycles. The molecule has 94 valence electrons. The summed E-state index contributed by atoms with van der Waals surface area (Å²) >= 11 is 5.95. The highest BCUT2D eigenvalue weighted by Gasteiger charge is 2.19. The number of amides is 1. The summed E-state index contributed by atoms with van der Waals surface area (Å²) in [6.07, 6.45) is 5.11. The van der Waals surface area contributed by atoms with Gasteiger partial charge in [-0.05, 0) is 23.6 Å². The second-order valence-corrected chi connectivity index (χ2v) is 4.78. The molecule has 2 rings (SSSR count). The molecule has 1 aromatic carbocycles. The molecule has 0 unspecified atom stereocenters. The summed E-state index contributed by atoms with van der Waals surface area (Å²) in [7, 11) is 0. The Kier molecular flexibility index (Phi) is 4.24. The fourth-order valence-electron chi connectivity index (χ4n) is 2.09. The maximum atomic E-state index is 11.3. The Bertz CT molecular complexity index is 473. The molecule has 18 heavy (non-hydrogen) atoms. The molecule has 0 atom stereocenters. The number of nitrogens with zero attached hydrogens (tertiary/aromatic N) is 2. The van der Waals surface area contributed by atoms with E-state index >= 15 is 0 Å². The second-order valence-electron chi connectivity index (χ2n) is 4.34. The minimum absolute atomic E-state index is 0.211. The number of piperazine rings is 1. The Labute approximate surface area is 112 Å². The molecule has 1 aliphatic rings. The second kappa shape index (κ2) is 5.90. The van der Waals surface area contributed by atoms with Gasteiger partial charge in [-0.1, -0.05) is 23.7 Å². The van der Waals surface area contributed by atoms with E-state index in [9.17, 15) is 4.79 Å². The van der Waals surface area contributed by atoms with E-state index in [-0.39, 0.29) is 5.91 Å². The van der Waals surface area contributed by atoms with E-state index in [1.165, 1.54) is 5.56 Å². The summed E-state index contributed by atoms with van der Waals surface area (Å²) in [4.78, 5) is 15.3. The highest BCUT2D eigenvalue weighted by Crippen LogP contribution is 2.13. The van der Waals surface area contributed by atoms with Gasteiger partial charge in [0.1, 0.15) is 0 Å². The predicted molar refractivity (Wildman–Crippen MR) is 72.1 cm³/mol. The van der Waals surface area contributed by atoms with Crippen molar-refractivity contribution in [3.05, 3.63) is 34.9 Å². The summed E-state index contributed by atoms with van der Waals surface area (Å²) in [5, 5.41) is 0.758. The highest BCUT2D eigenvalue weighted by atomic mass is 35.5. The Morgan fingerprint density at radius 1 is 1.33 bits per heavy atom. The molecule has 1 fully saturated rings. The van der Waals surface area contributed by atoms with Gasteiger partial charge in [0, 0.05) is 37.7 Å². The lowest BCUT2D eigenvalue weighted by molar-refractivity contribution is -0.126. The van der Waals surface area contributed by atoms with Crippen molar-refractivity contribution in [1.29, 1.82) is 0 Å². The van der Waals surface area contributed by atoms with Gasteiger partial charge in [0.05, 0.1) is 0 Å². The molecule has 1 heterocycles. The van der Waals surface area contributed by atoms with Crippen LogP contribution in [0.5, 0.6) is 0 Å². The molecule has 0 spiro atoms. The highest BCUT2D eigenvalue weighted by molar-refractivity contribution is 6.30. The zero-order valence-electron chi connectivity index (χ0n) is 10.1. The summed E-state index contributed by atoms with van der Waals surface area (Å²) in [6, 6.07) is 7.86. The van der Waals surface area contributed by atoms with Gasteiger partial charge < -0.3 is 4.90 Å². The lowest BCUT2D eigenvalue weighted by Gasteiger charge is -2.33. The monoisotopic (exact) mass is 262 g/mol. The van der Waals surface area contributed by atoms with Crippen LogP contribution < -0.4 is 0 Å². The largest absolute Gasteiger partial charge is 0.329 e. The molecule has 3 nitrogen and oxygen atoms in total. The third-order valence-electron chi connectivity index (χ3n) is 3.08. The van der Waals surface area contributed by atoms with Gasteiger partial charge in [0.15, 0.2) is 0 Å². The SMILES string of the molecule is C#CC(=O)N1CCN(Cc2cccc(Cl)c2)CC1. The molecule has 0 radical (unpaired) electrons. The summed E-state index contributed by atoms with van der Waals surface area (Å²) < 4.78 is 0. The van der Waals surface area contributed by atoms with Crippen LogP contribution in [0.25, 0.3) is 0 Å². The molecule has 0 aromatic heterocycles. The van der Waals surface area contributed by atoms with Crippen LogP contribution >= 0.6 is 11.6 Å². The fourth-order valence-corrected chi connectivity index (χ4v) is 2.31. The maximum Gasteiger partial charge on any atom is 0.298 e. The molecule has 0 bridgehead atoms.